The van der Waals surface area contributed by atoms with E-state index in [2.05, 4.69) is 15.9 Å². The third-order valence-electron chi connectivity index (χ3n) is 7.50. The largest absolute Gasteiger partial charge is 0.490 e. The van der Waals surface area contributed by atoms with Gasteiger partial charge in [-0.1, -0.05) is 57.9 Å². The number of nitrogens with zero attached hydrogens (tertiary/aromatic N) is 1. The van der Waals surface area contributed by atoms with E-state index in [9.17, 15) is 18.4 Å². The Morgan fingerprint density at radius 3 is 2.40 bits per heavy atom. The Morgan fingerprint density at radius 2 is 1.71 bits per heavy atom. The van der Waals surface area contributed by atoms with Crippen LogP contribution in [-0.2, 0) is 20.9 Å². The maximum atomic E-state index is 14.0. The molecule has 0 unspecified atom stereocenters. The Bertz CT molecular complexity index is 1530. The summed E-state index contributed by atoms with van der Waals surface area (Å²) in [6.07, 6.45) is 1.87. The summed E-state index contributed by atoms with van der Waals surface area (Å²) in [4.78, 5) is 27.6. The molecule has 7 nitrogen and oxygen atoms in total. The van der Waals surface area contributed by atoms with Crippen LogP contribution in [0.4, 0.5) is 8.78 Å². The van der Waals surface area contributed by atoms with E-state index in [0.29, 0.717) is 37.1 Å². The molecule has 0 radical (unpaired) electrons. The summed E-state index contributed by atoms with van der Waals surface area (Å²) in [7, 11) is 0. The third-order valence-corrected chi connectivity index (χ3v) is 8.56. The van der Waals surface area contributed by atoms with Crippen LogP contribution in [-0.4, -0.2) is 48.6 Å². The normalized spacial score (nSPS) is 16.2. The molecular formula is C31H28BrClF2N2O5. The van der Waals surface area contributed by atoms with Gasteiger partial charge in [0.2, 0.25) is 5.91 Å². The van der Waals surface area contributed by atoms with Crippen LogP contribution in [0.1, 0.15) is 30.4 Å². The summed E-state index contributed by atoms with van der Waals surface area (Å²) in [5.41, 5.74) is 7.97. The first-order valence-electron chi connectivity index (χ1n) is 13.4. The first-order chi connectivity index (χ1) is 20.2. The SMILES string of the molecule is NC(=O)C1(N2CCC(c3ccc(OCCOc4c(F)ccc(Cl)c4F)cc3)=C(C(=O)OCc3ccccc3Br)C2)CC1. The molecule has 220 valence electrons. The second-order valence-corrected chi connectivity index (χ2v) is 11.3. The predicted molar refractivity (Wildman–Crippen MR) is 157 cm³/mol. The van der Waals surface area contributed by atoms with E-state index in [4.69, 9.17) is 31.5 Å². The van der Waals surface area contributed by atoms with Gasteiger partial charge in [0.1, 0.15) is 31.1 Å². The van der Waals surface area contributed by atoms with Crippen molar-refractivity contribution in [1.82, 2.24) is 4.90 Å². The molecule has 0 saturated heterocycles. The number of carbonyl (C=O) groups is 2. The molecule has 1 aliphatic carbocycles. The van der Waals surface area contributed by atoms with Gasteiger partial charge in [0.15, 0.2) is 17.4 Å². The molecule has 2 N–H and O–H groups in total. The highest BCUT2D eigenvalue weighted by atomic mass is 79.9. The molecule has 0 aromatic heterocycles. The van der Waals surface area contributed by atoms with E-state index >= 15 is 0 Å². The lowest BCUT2D eigenvalue weighted by molar-refractivity contribution is -0.141. The molecule has 2 aliphatic rings. The number of halogens is 4. The van der Waals surface area contributed by atoms with Gasteiger partial charge in [0, 0.05) is 23.1 Å². The molecule has 5 rings (SSSR count). The van der Waals surface area contributed by atoms with Crippen LogP contribution in [0, 0.1) is 11.6 Å². The van der Waals surface area contributed by atoms with Gasteiger partial charge < -0.3 is 19.9 Å². The Labute approximate surface area is 255 Å². The number of amides is 1. The number of benzene rings is 3. The van der Waals surface area contributed by atoms with E-state index in [-0.39, 0.29) is 37.3 Å². The second-order valence-electron chi connectivity index (χ2n) is 10.1. The van der Waals surface area contributed by atoms with Crippen molar-refractivity contribution >= 4 is 45.0 Å². The molecule has 3 aromatic carbocycles. The van der Waals surface area contributed by atoms with Crippen molar-refractivity contribution in [2.75, 3.05) is 26.3 Å². The van der Waals surface area contributed by atoms with E-state index < -0.39 is 28.9 Å². The topological polar surface area (TPSA) is 91.1 Å². The van der Waals surface area contributed by atoms with Gasteiger partial charge in [-0.15, -0.1) is 0 Å². The van der Waals surface area contributed by atoms with Crippen molar-refractivity contribution in [3.05, 3.63) is 98.5 Å². The lowest BCUT2D eigenvalue weighted by atomic mass is 9.92. The second kappa shape index (κ2) is 12.8. The van der Waals surface area contributed by atoms with E-state index in [1.807, 2.05) is 41.3 Å². The van der Waals surface area contributed by atoms with Gasteiger partial charge in [-0.25, -0.2) is 13.6 Å². The van der Waals surface area contributed by atoms with Crippen LogP contribution in [0.15, 0.2) is 70.7 Å². The van der Waals surface area contributed by atoms with Crippen molar-refractivity contribution < 1.29 is 32.6 Å². The fraction of sp³-hybridized carbons (Fsp3) is 0.290. The lowest BCUT2D eigenvalue weighted by Gasteiger charge is -2.35. The Kier molecular flexibility index (Phi) is 9.15. The van der Waals surface area contributed by atoms with Crippen molar-refractivity contribution in [1.29, 1.82) is 0 Å². The van der Waals surface area contributed by atoms with Crippen molar-refractivity contribution in [2.24, 2.45) is 5.73 Å². The van der Waals surface area contributed by atoms with Crippen molar-refractivity contribution in [2.45, 2.75) is 31.4 Å². The quantitative estimate of drug-likeness (QED) is 0.153. The number of nitrogens with two attached hydrogens (primary N) is 1. The van der Waals surface area contributed by atoms with Crippen LogP contribution in [0.5, 0.6) is 11.5 Å². The molecule has 1 amide bonds. The van der Waals surface area contributed by atoms with E-state index in [0.717, 1.165) is 33.3 Å². The highest BCUT2D eigenvalue weighted by Crippen LogP contribution is 2.44. The number of rotatable bonds is 11. The number of esters is 1. The molecule has 1 saturated carbocycles. The zero-order valence-electron chi connectivity index (χ0n) is 22.5. The summed E-state index contributed by atoms with van der Waals surface area (Å²) in [5.74, 6) is -2.69. The predicted octanol–water partition coefficient (Wildman–Crippen LogP) is 6.06. The summed E-state index contributed by atoms with van der Waals surface area (Å²) in [6, 6.07) is 16.8. The Balaban J connectivity index is 1.28. The van der Waals surface area contributed by atoms with Crippen LogP contribution in [0.3, 0.4) is 0 Å². The fourth-order valence-corrected chi connectivity index (χ4v) is 5.56. The molecule has 42 heavy (non-hydrogen) atoms. The maximum Gasteiger partial charge on any atom is 0.335 e. The molecule has 11 heteroatoms. The van der Waals surface area contributed by atoms with Crippen LogP contribution in [0.25, 0.3) is 5.57 Å². The molecule has 0 spiro atoms. The highest BCUT2D eigenvalue weighted by molar-refractivity contribution is 9.10. The van der Waals surface area contributed by atoms with Crippen molar-refractivity contribution in [3.63, 3.8) is 0 Å². The minimum atomic E-state index is -0.963. The zero-order valence-corrected chi connectivity index (χ0v) is 24.8. The van der Waals surface area contributed by atoms with Gasteiger partial charge in [-0.3, -0.25) is 9.69 Å². The minimum Gasteiger partial charge on any atom is -0.490 e. The molecule has 1 heterocycles. The average Bonchev–Trinajstić information content (AvgIpc) is 3.81. The maximum absolute atomic E-state index is 14.0. The number of hydrogen-bond acceptors (Lipinski definition) is 6. The van der Waals surface area contributed by atoms with Crippen molar-refractivity contribution in [3.8, 4) is 11.5 Å². The number of ether oxygens (including phenoxy) is 3. The Morgan fingerprint density at radius 1 is 1.00 bits per heavy atom. The standard InChI is InChI=1S/C31H28BrClF2N2O5/c32-24-4-2-1-3-20(24)18-42-29(38)23-17-37(31(12-13-31)30(36)39)14-11-22(23)19-5-7-21(8-6-19)40-15-16-41-28-26(34)10-9-25(33)27(28)35/h1-10H,11-18H2,(H2,36,39). The van der Waals surface area contributed by atoms with Gasteiger partial charge in [-0.2, -0.15) is 0 Å². The summed E-state index contributed by atoms with van der Waals surface area (Å²) < 4.78 is 45.3. The molecule has 1 fully saturated rings. The number of carbonyl (C=O) groups excluding carboxylic acids is 2. The number of hydrogen-bond donors (Lipinski definition) is 1. The van der Waals surface area contributed by atoms with E-state index in [1.165, 1.54) is 0 Å². The molecule has 0 atom stereocenters. The van der Waals surface area contributed by atoms with Crippen LogP contribution >= 0.6 is 27.5 Å². The van der Waals surface area contributed by atoms with E-state index in [1.54, 1.807) is 12.1 Å². The molecule has 3 aromatic rings. The van der Waals surface area contributed by atoms with Gasteiger partial charge >= 0.3 is 5.97 Å². The van der Waals surface area contributed by atoms with Gasteiger partial charge in [0.25, 0.3) is 0 Å². The highest BCUT2D eigenvalue weighted by Gasteiger charge is 2.54. The van der Waals surface area contributed by atoms with Gasteiger partial charge in [-0.05, 0) is 60.7 Å². The average molecular weight is 662 g/mol. The molecule has 1 aliphatic heterocycles. The first-order valence-corrected chi connectivity index (χ1v) is 14.5. The Hall–Kier alpha value is -3.47. The van der Waals surface area contributed by atoms with Gasteiger partial charge in [0.05, 0.1) is 10.6 Å². The summed E-state index contributed by atoms with van der Waals surface area (Å²) in [6.45, 7) is 0.844. The molecule has 0 bridgehead atoms. The monoisotopic (exact) mass is 660 g/mol. The first kappa shape index (κ1) is 30.0. The lowest BCUT2D eigenvalue weighted by Crippen LogP contribution is -2.50. The number of primary amides is 1. The van der Waals surface area contributed by atoms with Crippen LogP contribution < -0.4 is 15.2 Å². The summed E-state index contributed by atoms with van der Waals surface area (Å²) >= 11 is 9.17. The minimum absolute atomic E-state index is 0.0320. The molecular weight excluding hydrogens is 634 g/mol. The zero-order chi connectivity index (χ0) is 29.9. The van der Waals surface area contributed by atoms with Crippen LogP contribution in [0.2, 0.25) is 5.02 Å². The smallest absolute Gasteiger partial charge is 0.335 e. The summed E-state index contributed by atoms with van der Waals surface area (Å²) in [5, 5.41) is -0.235. The third kappa shape index (κ3) is 6.45. The fourth-order valence-electron chi connectivity index (χ4n) is 5.01.